The fraction of sp³-hybridized carbons (Fsp3) is 0.417. The molecule has 1 aliphatic heterocycles. The number of amides is 1. The van der Waals surface area contributed by atoms with Crippen LogP contribution in [0.2, 0.25) is 0 Å². The van der Waals surface area contributed by atoms with Crippen molar-refractivity contribution in [2.75, 3.05) is 26.7 Å². The lowest BCUT2D eigenvalue weighted by Crippen LogP contribution is -2.41. The van der Waals surface area contributed by atoms with Crippen molar-refractivity contribution in [3.63, 3.8) is 0 Å². The summed E-state index contributed by atoms with van der Waals surface area (Å²) in [5, 5.41) is 6.42. The normalized spacial score (nSPS) is 15.3. The topological polar surface area (TPSA) is 66.0 Å². The van der Waals surface area contributed by atoms with E-state index in [9.17, 15) is 9.18 Å². The maximum Gasteiger partial charge on any atom is 0.253 e. The van der Waals surface area contributed by atoms with Gasteiger partial charge in [-0.05, 0) is 56.0 Å². The summed E-state index contributed by atoms with van der Waals surface area (Å²) in [7, 11) is 1.69. The molecule has 0 aromatic heterocycles. The van der Waals surface area contributed by atoms with Gasteiger partial charge in [-0.2, -0.15) is 0 Å². The molecular weight excluding hydrogens is 395 g/mol. The van der Waals surface area contributed by atoms with Crippen molar-refractivity contribution < 1.29 is 13.9 Å². The second kappa shape index (κ2) is 11.3. The van der Waals surface area contributed by atoms with Crippen LogP contribution in [0.4, 0.5) is 4.39 Å². The molecule has 0 aliphatic carbocycles. The molecule has 1 atom stereocenters. The van der Waals surface area contributed by atoms with Gasteiger partial charge in [-0.3, -0.25) is 9.79 Å². The summed E-state index contributed by atoms with van der Waals surface area (Å²) in [6, 6.07) is 14.0. The van der Waals surface area contributed by atoms with Crippen LogP contribution in [0, 0.1) is 5.82 Å². The van der Waals surface area contributed by atoms with E-state index >= 15 is 0 Å². The predicted octanol–water partition coefficient (Wildman–Crippen LogP) is 3.58. The van der Waals surface area contributed by atoms with Crippen molar-refractivity contribution in [3.8, 4) is 5.75 Å². The van der Waals surface area contributed by atoms with Gasteiger partial charge in [0.15, 0.2) is 17.5 Å². The number of nitrogens with one attached hydrogen (secondary N) is 2. The standard InChI is InChI=1S/C24H31FN4O2/c1-18(31-22-9-5-4-8-21(22)25)16-27-24(26-2)28-17-19-10-12-20(13-11-19)23(30)29-14-6-3-7-15-29/h4-5,8-13,18H,3,6-7,14-17H2,1-2H3,(H2,26,27,28). The number of carbonyl (C=O) groups is 1. The first-order valence-electron chi connectivity index (χ1n) is 10.8. The molecule has 6 nitrogen and oxygen atoms in total. The molecule has 0 saturated carbocycles. The quantitative estimate of drug-likeness (QED) is 0.525. The first-order chi connectivity index (χ1) is 15.1. The predicted molar refractivity (Wildman–Crippen MR) is 121 cm³/mol. The number of aliphatic imine (C=N–C) groups is 1. The number of carbonyl (C=O) groups excluding carboxylic acids is 1. The van der Waals surface area contributed by atoms with Crippen molar-refractivity contribution in [2.45, 2.75) is 38.8 Å². The van der Waals surface area contributed by atoms with Crippen LogP contribution in [0.5, 0.6) is 5.75 Å². The highest BCUT2D eigenvalue weighted by Gasteiger charge is 2.17. The molecule has 1 amide bonds. The molecule has 0 bridgehead atoms. The van der Waals surface area contributed by atoms with E-state index in [0.29, 0.717) is 19.0 Å². The largest absolute Gasteiger partial charge is 0.486 e. The minimum Gasteiger partial charge on any atom is -0.486 e. The Hall–Kier alpha value is -3.09. The van der Waals surface area contributed by atoms with Gasteiger partial charge < -0.3 is 20.3 Å². The zero-order valence-corrected chi connectivity index (χ0v) is 18.2. The summed E-state index contributed by atoms with van der Waals surface area (Å²) in [5.74, 6) is 0.594. The molecule has 1 heterocycles. The monoisotopic (exact) mass is 426 g/mol. The summed E-state index contributed by atoms with van der Waals surface area (Å²) in [6.45, 7) is 4.61. The fourth-order valence-electron chi connectivity index (χ4n) is 3.49. The van der Waals surface area contributed by atoms with Crippen LogP contribution >= 0.6 is 0 Å². The summed E-state index contributed by atoms with van der Waals surface area (Å²) < 4.78 is 19.3. The van der Waals surface area contributed by atoms with Crippen molar-refractivity contribution in [2.24, 2.45) is 4.99 Å². The van der Waals surface area contributed by atoms with Crippen molar-refractivity contribution in [1.82, 2.24) is 15.5 Å². The maximum atomic E-state index is 13.7. The molecule has 3 rings (SSSR count). The zero-order valence-electron chi connectivity index (χ0n) is 18.2. The minimum absolute atomic E-state index is 0.112. The van der Waals surface area contributed by atoms with Gasteiger partial charge in [0.2, 0.25) is 0 Å². The molecule has 0 radical (unpaired) electrons. The lowest BCUT2D eigenvalue weighted by atomic mass is 10.1. The third-order valence-electron chi connectivity index (χ3n) is 5.25. The van der Waals surface area contributed by atoms with E-state index < -0.39 is 0 Å². The number of likely N-dealkylation sites (tertiary alicyclic amines) is 1. The molecule has 2 aromatic carbocycles. The summed E-state index contributed by atoms with van der Waals surface area (Å²) in [5.41, 5.74) is 1.78. The Bertz CT molecular complexity index is 879. The van der Waals surface area contributed by atoms with Crippen molar-refractivity contribution in [1.29, 1.82) is 0 Å². The number of nitrogens with zero attached hydrogens (tertiary/aromatic N) is 2. The van der Waals surface area contributed by atoms with E-state index in [0.717, 1.165) is 37.1 Å². The lowest BCUT2D eigenvalue weighted by Gasteiger charge is -2.26. The smallest absolute Gasteiger partial charge is 0.253 e. The molecule has 166 valence electrons. The van der Waals surface area contributed by atoms with Crippen LogP contribution in [-0.4, -0.2) is 49.6 Å². The third kappa shape index (κ3) is 6.70. The van der Waals surface area contributed by atoms with Gasteiger partial charge in [0, 0.05) is 32.2 Å². The van der Waals surface area contributed by atoms with Crippen molar-refractivity contribution >= 4 is 11.9 Å². The summed E-state index contributed by atoms with van der Waals surface area (Å²) in [6.07, 6.45) is 3.14. The Labute approximate surface area is 183 Å². The van der Waals surface area contributed by atoms with E-state index in [2.05, 4.69) is 15.6 Å². The molecule has 0 spiro atoms. The Morgan fingerprint density at radius 3 is 2.48 bits per heavy atom. The Morgan fingerprint density at radius 1 is 1.10 bits per heavy atom. The number of para-hydroxylation sites is 1. The molecular formula is C24H31FN4O2. The molecule has 1 unspecified atom stereocenters. The van der Waals surface area contributed by atoms with E-state index in [1.165, 1.54) is 12.5 Å². The number of ether oxygens (including phenoxy) is 1. The molecule has 31 heavy (non-hydrogen) atoms. The Morgan fingerprint density at radius 2 is 1.81 bits per heavy atom. The maximum absolute atomic E-state index is 13.7. The molecule has 1 saturated heterocycles. The average Bonchev–Trinajstić information content (AvgIpc) is 2.81. The summed E-state index contributed by atoms with van der Waals surface area (Å²) >= 11 is 0. The molecule has 2 aromatic rings. The second-order valence-corrected chi connectivity index (χ2v) is 7.72. The number of benzene rings is 2. The van der Waals surface area contributed by atoms with Crippen molar-refractivity contribution in [3.05, 3.63) is 65.5 Å². The van der Waals surface area contributed by atoms with Gasteiger partial charge in [-0.25, -0.2) is 4.39 Å². The van der Waals surface area contributed by atoms with Crippen LogP contribution in [0.15, 0.2) is 53.5 Å². The first-order valence-corrected chi connectivity index (χ1v) is 10.8. The van der Waals surface area contributed by atoms with E-state index in [4.69, 9.17) is 4.74 Å². The van der Waals surface area contributed by atoms with E-state index in [-0.39, 0.29) is 23.6 Å². The fourth-order valence-corrected chi connectivity index (χ4v) is 3.49. The van der Waals surface area contributed by atoms with E-state index in [1.807, 2.05) is 36.1 Å². The highest BCUT2D eigenvalue weighted by atomic mass is 19.1. The number of halogens is 1. The molecule has 7 heteroatoms. The van der Waals surface area contributed by atoms with Crippen LogP contribution in [0.25, 0.3) is 0 Å². The lowest BCUT2D eigenvalue weighted by molar-refractivity contribution is 0.0724. The van der Waals surface area contributed by atoms with Gasteiger partial charge in [0.05, 0.1) is 6.54 Å². The SMILES string of the molecule is CN=C(NCc1ccc(C(=O)N2CCCCC2)cc1)NCC(C)Oc1ccccc1F. The first kappa shape index (κ1) is 22.6. The van der Waals surface area contributed by atoms with Gasteiger partial charge in [0.1, 0.15) is 6.10 Å². The van der Waals surface area contributed by atoms with Gasteiger partial charge in [-0.15, -0.1) is 0 Å². The molecule has 1 aliphatic rings. The Balaban J connectivity index is 1.44. The minimum atomic E-state index is -0.376. The number of hydrogen-bond donors (Lipinski definition) is 2. The van der Waals surface area contributed by atoms with Crippen LogP contribution in [0.3, 0.4) is 0 Å². The van der Waals surface area contributed by atoms with Crippen LogP contribution in [0.1, 0.15) is 42.1 Å². The zero-order chi connectivity index (χ0) is 22.1. The highest BCUT2D eigenvalue weighted by molar-refractivity contribution is 5.94. The summed E-state index contributed by atoms with van der Waals surface area (Å²) in [4.78, 5) is 18.7. The second-order valence-electron chi connectivity index (χ2n) is 7.72. The van der Waals surface area contributed by atoms with E-state index in [1.54, 1.807) is 25.2 Å². The number of piperidine rings is 1. The van der Waals surface area contributed by atoms with Gasteiger partial charge in [0.25, 0.3) is 5.91 Å². The molecule has 1 fully saturated rings. The van der Waals surface area contributed by atoms with Gasteiger partial charge >= 0.3 is 0 Å². The van der Waals surface area contributed by atoms with Gasteiger partial charge in [-0.1, -0.05) is 24.3 Å². The van der Waals surface area contributed by atoms with Crippen LogP contribution < -0.4 is 15.4 Å². The number of rotatable bonds is 7. The van der Waals surface area contributed by atoms with Crippen LogP contribution in [-0.2, 0) is 6.54 Å². The number of guanidine groups is 1. The number of hydrogen-bond acceptors (Lipinski definition) is 3. The molecule has 2 N–H and O–H groups in total. The third-order valence-corrected chi connectivity index (χ3v) is 5.25. The highest BCUT2D eigenvalue weighted by Crippen LogP contribution is 2.17. The Kier molecular flexibility index (Phi) is 8.27. The average molecular weight is 427 g/mol.